The van der Waals surface area contributed by atoms with Gasteiger partial charge in [0.1, 0.15) is 13.1 Å². The molecule has 0 atom stereocenters. The molecule has 3 N–H and O–H groups in total. The molecule has 6 nitrogen and oxygen atoms in total. The number of alkyl halides is 3. The fraction of sp³-hybridized carbons (Fsp3) is 0.857. The fourth-order valence-electron chi connectivity index (χ4n) is 2.36. The molecule has 0 aromatic heterocycles. The van der Waals surface area contributed by atoms with Crippen LogP contribution >= 0.6 is 24.0 Å². The molecule has 0 saturated heterocycles. The average Bonchev–Trinajstić information content (AvgIpc) is 2.45. The number of hydrogen-bond acceptors (Lipinski definition) is 3. The van der Waals surface area contributed by atoms with E-state index in [0.29, 0.717) is 30.2 Å². The largest absolute Gasteiger partial charge is 0.406 e. The van der Waals surface area contributed by atoms with Crippen molar-refractivity contribution in [3.05, 3.63) is 0 Å². The summed E-state index contributed by atoms with van der Waals surface area (Å²) >= 11 is 0. The molecule has 0 bridgehead atoms. The van der Waals surface area contributed by atoms with Crippen molar-refractivity contribution in [1.82, 2.24) is 15.5 Å². The molecule has 0 radical (unpaired) electrons. The van der Waals surface area contributed by atoms with Crippen molar-refractivity contribution in [2.45, 2.75) is 50.9 Å². The highest BCUT2D eigenvalue weighted by Crippen LogP contribution is 2.18. The normalized spacial score (nSPS) is 21.7. The average molecular weight is 466 g/mol. The number of hydrogen-bond donors (Lipinski definition) is 3. The Hall–Kier alpha value is -0.780. The third-order valence-corrected chi connectivity index (χ3v) is 3.60. The van der Waals surface area contributed by atoms with Gasteiger partial charge in [-0.25, -0.2) is 4.99 Å². The van der Waals surface area contributed by atoms with Gasteiger partial charge in [0, 0.05) is 19.6 Å². The van der Waals surface area contributed by atoms with Gasteiger partial charge in [0.25, 0.3) is 0 Å². The van der Waals surface area contributed by atoms with Crippen LogP contribution in [0.1, 0.15) is 32.6 Å². The predicted octanol–water partition coefficient (Wildman–Crippen LogP) is 1.48. The molecular formula is C14H26F3IN4O2. The van der Waals surface area contributed by atoms with E-state index in [1.54, 1.807) is 0 Å². The summed E-state index contributed by atoms with van der Waals surface area (Å²) in [6.07, 6.45) is -1.72. The second-order valence-corrected chi connectivity index (χ2v) is 5.71. The van der Waals surface area contributed by atoms with E-state index in [1.165, 1.54) is 0 Å². The topological polar surface area (TPSA) is 77.0 Å². The summed E-state index contributed by atoms with van der Waals surface area (Å²) < 4.78 is 36.8. The lowest BCUT2D eigenvalue weighted by Gasteiger charge is -2.27. The van der Waals surface area contributed by atoms with Crippen LogP contribution in [0.15, 0.2) is 4.99 Å². The lowest BCUT2D eigenvalue weighted by Crippen LogP contribution is -2.46. The van der Waals surface area contributed by atoms with Gasteiger partial charge in [-0.05, 0) is 32.6 Å². The predicted molar refractivity (Wildman–Crippen MR) is 96.5 cm³/mol. The van der Waals surface area contributed by atoms with Gasteiger partial charge in [0.05, 0.1) is 6.10 Å². The molecule has 0 unspecified atom stereocenters. The standard InChI is InChI=1S/C14H25F3N4O2.HI/c1-3-18-13(20-10-4-6-11(22)7-5-10)19-8-12(23)21(2)9-14(15,16)17;/h10-11,22H,3-9H2,1-2H3,(H2,18,19,20);1H. The number of aliphatic hydroxyl groups is 1. The molecular weight excluding hydrogens is 440 g/mol. The SMILES string of the molecule is CCNC(=NCC(=O)N(C)CC(F)(F)F)NC1CCC(O)CC1.I. The zero-order chi connectivity index (χ0) is 17.5. The lowest BCUT2D eigenvalue weighted by molar-refractivity contribution is -0.157. The molecule has 1 aliphatic carbocycles. The molecule has 0 aliphatic heterocycles. The number of aliphatic imine (C=N–C) groups is 1. The number of halogens is 4. The van der Waals surface area contributed by atoms with E-state index in [1.807, 2.05) is 6.92 Å². The highest BCUT2D eigenvalue weighted by Gasteiger charge is 2.31. The Morgan fingerprint density at radius 2 is 1.88 bits per heavy atom. The number of likely N-dealkylation sites (N-methyl/N-ethyl adjacent to an activating group) is 1. The van der Waals surface area contributed by atoms with Gasteiger partial charge in [-0.15, -0.1) is 24.0 Å². The second kappa shape index (κ2) is 11.0. The Morgan fingerprint density at radius 1 is 1.29 bits per heavy atom. The molecule has 1 rings (SSSR count). The van der Waals surface area contributed by atoms with Crippen molar-refractivity contribution < 1.29 is 23.1 Å². The molecule has 142 valence electrons. The van der Waals surface area contributed by atoms with Crippen LogP contribution < -0.4 is 10.6 Å². The molecule has 10 heteroatoms. The summed E-state index contributed by atoms with van der Waals surface area (Å²) in [6, 6.07) is 0.138. The van der Waals surface area contributed by atoms with E-state index >= 15 is 0 Å². The number of carbonyl (C=O) groups is 1. The van der Waals surface area contributed by atoms with E-state index < -0.39 is 18.6 Å². The van der Waals surface area contributed by atoms with Crippen molar-refractivity contribution >= 4 is 35.8 Å². The number of guanidine groups is 1. The Balaban J connectivity index is 0.00000529. The smallest absolute Gasteiger partial charge is 0.393 e. The first-order valence-electron chi connectivity index (χ1n) is 7.75. The number of amides is 1. The summed E-state index contributed by atoms with van der Waals surface area (Å²) in [6.45, 7) is 0.802. The molecule has 0 aromatic carbocycles. The first-order chi connectivity index (χ1) is 10.7. The third-order valence-electron chi connectivity index (χ3n) is 3.60. The van der Waals surface area contributed by atoms with Crippen LogP contribution in [0.2, 0.25) is 0 Å². The lowest BCUT2D eigenvalue weighted by atomic mass is 9.93. The molecule has 24 heavy (non-hydrogen) atoms. The zero-order valence-electron chi connectivity index (χ0n) is 13.9. The van der Waals surface area contributed by atoms with Gasteiger partial charge >= 0.3 is 6.18 Å². The van der Waals surface area contributed by atoms with Gasteiger partial charge in [-0.1, -0.05) is 0 Å². The van der Waals surface area contributed by atoms with E-state index in [0.717, 1.165) is 19.9 Å². The number of nitrogens with one attached hydrogen (secondary N) is 2. The molecule has 1 aliphatic rings. The van der Waals surface area contributed by atoms with E-state index in [-0.39, 0.29) is 42.7 Å². The second-order valence-electron chi connectivity index (χ2n) is 5.71. The highest BCUT2D eigenvalue weighted by molar-refractivity contribution is 14.0. The third kappa shape index (κ3) is 9.50. The number of nitrogens with zero attached hydrogens (tertiary/aromatic N) is 2. The van der Waals surface area contributed by atoms with Crippen LogP contribution in [0.25, 0.3) is 0 Å². The minimum absolute atomic E-state index is 0. The maximum absolute atomic E-state index is 12.3. The number of carbonyl (C=O) groups excluding carboxylic acids is 1. The molecule has 1 saturated carbocycles. The first kappa shape index (κ1) is 23.2. The van der Waals surface area contributed by atoms with Crippen LogP contribution in [0, 0.1) is 0 Å². The number of aliphatic hydroxyl groups excluding tert-OH is 1. The van der Waals surface area contributed by atoms with Gasteiger partial charge in [-0.2, -0.15) is 13.2 Å². The molecule has 0 aromatic rings. The summed E-state index contributed by atoms with van der Waals surface area (Å²) in [4.78, 5) is 16.4. The minimum Gasteiger partial charge on any atom is -0.393 e. The van der Waals surface area contributed by atoms with Crippen molar-refractivity contribution in [2.75, 3.05) is 26.7 Å². The number of rotatable bonds is 5. The van der Waals surface area contributed by atoms with Crippen molar-refractivity contribution in [2.24, 2.45) is 4.99 Å². The minimum atomic E-state index is -4.42. The molecule has 1 fully saturated rings. The maximum Gasteiger partial charge on any atom is 0.406 e. The molecule has 0 spiro atoms. The Bertz CT molecular complexity index is 413. The highest BCUT2D eigenvalue weighted by atomic mass is 127. The Labute approximate surface area is 157 Å². The molecule has 0 heterocycles. The van der Waals surface area contributed by atoms with Crippen LogP contribution in [0.5, 0.6) is 0 Å². The van der Waals surface area contributed by atoms with Gasteiger partial charge in [0.2, 0.25) is 5.91 Å². The Kier molecular flexibility index (Phi) is 10.6. The summed E-state index contributed by atoms with van der Waals surface area (Å²) in [5, 5.41) is 15.6. The van der Waals surface area contributed by atoms with Crippen molar-refractivity contribution in [3.8, 4) is 0 Å². The van der Waals surface area contributed by atoms with Crippen molar-refractivity contribution in [1.29, 1.82) is 0 Å². The van der Waals surface area contributed by atoms with Gasteiger partial charge in [0.15, 0.2) is 5.96 Å². The maximum atomic E-state index is 12.3. The first-order valence-corrected chi connectivity index (χ1v) is 7.75. The van der Waals surface area contributed by atoms with E-state index in [9.17, 15) is 23.1 Å². The summed E-state index contributed by atoms with van der Waals surface area (Å²) in [5.41, 5.74) is 0. The monoisotopic (exact) mass is 466 g/mol. The summed E-state index contributed by atoms with van der Waals surface area (Å²) in [7, 11) is 1.11. The van der Waals surface area contributed by atoms with E-state index in [2.05, 4.69) is 15.6 Å². The molecule has 1 amide bonds. The quantitative estimate of drug-likeness (QED) is 0.326. The zero-order valence-corrected chi connectivity index (χ0v) is 16.2. The van der Waals surface area contributed by atoms with Crippen LogP contribution in [0.3, 0.4) is 0 Å². The van der Waals surface area contributed by atoms with Gasteiger partial charge < -0.3 is 20.6 Å². The summed E-state index contributed by atoms with van der Waals surface area (Å²) in [5.74, 6) is -0.291. The van der Waals surface area contributed by atoms with Crippen LogP contribution in [-0.2, 0) is 4.79 Å². The van der Waals surface area contributed by atoms with Crippen LogP contribution in [-0.4, -0.2) is 66.9 Å². The van der Waals surface area contributed by atoms with E-state index in [4.69, 9.17) is 0 Å². The Morgan fingerprint density at radius 3 is 2.38 bits per heavy atom. The van der Waals surface area contributed by atoms with Gasteiger partial charge in [-0.3, -0.25) is 4.79 Å². The van der Waals surface area contributed by atoms with Crippen molar-refractivity contribution in [3.63, 3.8) is 0 Å². The fourth-order valence-corrected chi connectivity index (χ4v) is 2.36. The van der Waals surface area contributed by atoms with Crippen LogP contribution in [0.4, 0.5) is 13.2 Å².